The molecule has 0 spiro atoms. The molecule has 98 valence electrons. The van der Waals surface area contributed by atoms with E-state index < -0.39 is 5.97 Å². The van der Waals surface area contributed by atoms with Crippen LogP contribution in [0.25, 0.3) is 0 Å². The number of esters is 1. The van der Waals surface area contributed by atoms with Crippen molar-refractivity contribution in [2.24, 2.45) is 0 Å². The Kier molecular flexibility index (Phi) is 3.92. The van der Waals surface area contributed by atoms with Gasteiger partial charge >= 0.3 is 5.97 Å². The van der Waals surface area contributed by atoms with Gasteiger partial charge < -0.3 is 15.8 Å². The molecule has 0 aromatic heterocycles. The van der Waals surface area contributed by atoms with Crippen LogP contribution in [0.15, 0.2) is 42.5 Å². The van der Waals surface area contributed by atoms with Crippen molar-refractivity contribution >= 4 is 34.6 Å². The van der Waals surface area contributed by atoms with E-state index in [9.17, 15) is 4.79 Å². The predicted molar refractivity (Wildman–Crippen MR) is 76.9 cm³/mol. The highest BCUT2D eigenvalue weighted by atomic mass is 35.5. The number of benzene rings is 2. The molecule has 0 radical (unpaired) electrons. The highest BCUT2D eigenvalue weighted by Crippen LogP contribution is 2.28. The van der Waals surface area contributed by atoms with Crippen LogP contribution in [0.3, 0.4) is 0 Å². The van der Waals surface area contributed by atoms with E-state index in [0.29, 0.717) is 27.6 Å². The van der Waals surface area contributed by atoms with Gasteiger partial charge in [0.1, 0.15) is 0 Å². The molecular weight excluding hydrogens is 264 g/mol. The molecule has 2 aromatic rings. The van der Waals surface area contributed by atoms with Gasteiger partial charge in [0, 0.05) is 5.02 Å². The molecule has 0 atom stereocenters. The van der Waals surface area contributed by atoms with Crippen LogP contribution in [-0.2, 0) is 4.74 Å². The molecule has 2 aromatic carbocycles. The van der Waals surface area contributed by atoms with Gasteiger partial charge in [-0.2, -0.15) is 0 Å². The molecule has 0 unspecified atom stereocenters. The third kappa shape index (κ3) is 2.98. The lowest BCUT2D eigenvalue weighted by Crippen LogP contribution is -2.06. The summed E-state index contributed by atoms with van der Waals surface area (Å²) in [7, 11) is 1.34. The average molecular weight is 277 g/mol. The van der Waals surface area contributed by atoms with Gasteiger partial charge in [-0.1, -0.05) is 23.7 Å². The first-order valence-electron chi connectivity index (χ1n) is 5.61. The summed E-state index contributed by atoms with van der Waals surface area (Å²) in [5.74, 6) is -0.407. The minimum atomic E-state index is -0.407. The SMILES string of the molecule is COC(=O)c1ccccc1Nc1ccc(Cl)cc1N. The van der Waals surface area contributed by atoms with Gasteiger partial charge in [-0.25, -0.2) is 4.79 Å². The Balaban J connectivity index is 2.35. The second-order valence-corrected chi connectivity index (χ2v) is 4.33. The van der Waals surface area contributed by atoms with Gasteiger partial charge in [-0.15, -0.1) is 0 Å². The number of nitrogen functional groups attached to an aromatic ring is 1. The molecule has 0 saturated heterocycles. The highest BCUT2D eigenvalue weighted by molar-refractivity contribution is 6.31. The molecule has 4 nitrogen and oxygen atoms in total. The molecule has 0 saturated carbocycles. The van der Waals surface area contributed by atoms with E-state index in [-0.39, 0.29) is 0 Å². The zero-order chi connectivity index (χ0) is 13.8. The summed E-state index contributed by atoms with van der Waals surface area (Å²) in [5.41, 5.74) is 8.12. The van der Waals surface area contributed by atoms with Crippen LogP contribution in [-0.4, -0.2) is 13.1 Å². The highest BCUT2D eigenvalue weighted by Gasteiger charge is 2.11. The monoisotopic (exact) mass is 276 g/mol. The first kappa shape index (κ1) is 13.2. The van der Waals surface area contributed by atoms with Crippen LogP contribution in [0.1, 0.15) is 10.4 Å². The van der Waals surface area contributed by atoms with Crippen LogP contribution in [0.2, 0.25) is 5.02 Å². The van der Waals surface area contributed by atoms with E-state index in [2.05, 4.69) is 5.32 Å². The maximum Gasteiger partial charge on any atom is 0.339 e. The molecular formula is C14H13ClN2O2. The summed E-state index contributed by atoms with van der Waals surface area (Å²) in [6, 6.07) is 12.2. The van der Waals surface area contributed by atoms with E-state index in [1.165, 1.54) is 7.11 Å². The smallest absolute Gasteiger partial charge is 0.339 e. The Morgan fingerprint density at radius 1 is 1.21 bits per heavy atom. The van der Waals surface area contributed by atoms with Crippen LogP contribution >= 0.6 is 11.6 Å². The number of para-hydroxylation sites is 1. The molecule has 0 heterocycles. The summed E-state index contributed by atoms with van der Waals surface area (Å²) in [6.07, 6.45) is 0. The lowest BCUT2D eigenvalue weighted by molar-refractivity contribution is 0.0602. The molecule has 2 rings (SSSR count). The fourth-order valence-corrected chi connectivity index (χ4v) is 1.85. The van der Waals surface area contributed by atoms with Crippen molar-refractivity contribution in [3.8, 4) is 0 Å². The maximum atomic E-state index is 11.6. The molecule has 0 fully saturated rings. The predicted octanol–water partition coefficient (Wildman–Crippen LogP) is 3.45. The van der Waals surface area contributed by atoms with Crippen molar-refractivity contribution in [2.45, 2.75) is 0 Å². The molecule has 5 heteroatoms. The molecule has 0 bridgehead atoms. The molecule has 19 heavy (non-hydrogen) atoms. The first-order chi connectivity index (χ1) is 9.11. The fourth-order valence-electron chi connectivity index (χ4n) is 1.67. The summed E-state index contributed by atoms with van der Waals surface area (Å²) < 4.78 is 4.73. The number of nitrogens with two attached hydrogens (primary N) is 1. The molecule has 0 aliphatic heterocycles. The van der Waals surface area contributed by atoms with Crippen molar-refractivity contribution in [3.05, 3.63) is 53.1 Å². The molecule has 0 aliphatic carbocycles. The van der Waals surface area contributed by atoms with E-state index in [1.807, 2.05) is 6.07 Å². The third-order valence-electron chi connectivity index (χ3n) is 2.62. The van der Waals surface area contributed by atoms with Crippen molar-refractivity contribution in [1.82, 2.24) is 0 Å². The topological polar surface area (TPSA) is 64.3 Å². The number of rotatable bonds is 3. The number of carbonyl (C=O) groups excluding carboxylic acids is 1. The van der Waals surface area contributed by atoms with Gasteiger partial charge in [0.15, 0.2) is 0 Å². The Bertz CT molecular complexity index is 614. The molecule has 0 amide bonds. The number of halogens is 1. The second-order valence-electron chi connectivity index (χ2n) is 3.89. The number of ether oxygens (including phenoxy) is 1. The molecule has 0 aliphatic rings. The fraction of sp³-hybridized carbons (Fsp3) is 0.0714. The van der Waals surface area contributed by atoms with E-state index >= 15 is 0 Å². The summed E-state index contributed by atoms with van der Waals surface area (Å²) >= 11 is 5.84. The van der Waals surface area contributed by atoms with Gasteiger partial charge in [-0.3, -0.25) is 0 Å². The number of hydrogen-bond acceptors (Lipinski definition) is 4. The third-order valence-corrected chi connectivity index (χ3v) is 2.85. The summed E-state index contributed by atoms with van der Waals surface area (Å²) in [6.45, 7) is 0. The largest absolute Gasteiger partial charge is 0.465 e. The van der Waals surface area contributed by atoms with Crippen molar-refractivity contribution < 1.29 is 9.53 Å². The summed E-state index contributed by atoms with van der Waals surface area (Å²) in [4.78, 5) is 11.6. The standard InChI is InChI=1S/C14H13ClN2O2/c1-19-14(18)10-4-2-3-5-12(10)17-13-7-6-9(15)8-11(13)16/h2-8,17H,16H2,1H3. The normalized spacial score (nSPS) is 10.0. The Hall–Kier alpha value is -2.20. The minimum absolute atomic E-state index is 0.407. The number of carbonyl (C=O) groups is 1. The quantitative estimate of drug-likeness (QED) is 0.666. The van der Waals surface area contributed by atoms with Gasteiger partial charge in [0.2, 0.25) is 0 Å². The number of nitrogens with one attached hydrogen (secondary N) is 1. The second kappa shape index (κ2) is 5.63. The number of methoxy groups -OCH3 is 1. The van der Waals surface area contributed by atoms with E-state index in [4.69, 9.17) is 22.1 Å². The van der Waals surface area contributed by atoms with E-state index in [0.717, 1.165) is 0 Å². The summed E-state index contributed by atoms with van der Waals surface area (Å²) in [5, 5.41) is 3.66. The van der Waals surface area contributed by atoms with Crippen LogP contribution < -0.4 is 11.1 Å². The van der Waals surface area contributed by atoms with Crippen molar-refractivity contribution in [2.75, 3.05) is 18.2 Å². The van der Waals surface area contributed by atoms with Gasteiger partial charge in [0.05, 0.1) is 29.7 Å². The van der Waals surface area contributed by atoms with Crippen LogP contribution in [0, 0.1) is 0 Å². The lowest BCUT2D eigenvalue weighted by atomic mass is 10.1. The number of hydrogen-bond donors (Lipinski definition) is 2. The Labute approximate surface area is 116 Å². The molecule has 3 N–H and O–H groups in total. The van der Waals surface area contributed by atoms with Crippen molar-refractivity contribution in [1.29, 1.82) is 0 Å². The average Bonchev–Trinajstić information content (AvgIpc) is 2.41. The lowest BCUT2D eigenvalue weighted by Gasteiger charge is -2.12. The van der Waals surface area contributed by atoms with Gasteiger partial charge in [-0.05, 0) is 30.3 Å². The Morgan fingerprint density at radius 2 is 1.95 bits per heavy atom. The van der Waals surface area contributed by atoms with Gasteiger partial charge in [0.25, 0.3) is 0 Å². The van der Waals surface area contributed by atoms with Crippen LogP contribution in [0.5, 0.6) is 0 Å². The first-order valence-corrected chi connectivity index (χ1v) is 5.99. The minimum Gasteiger partial charge on any atom is -0.465 e. The zero-order valence-electron chi connectivity index (χ0n) is 10.3. The zero-order valence-corrected chi connectivity index (χ0v) is 11.1. The van der Waals surface area contributed by atoms with E-state index in [1.54, 1.807) is 36.4 Å². The Morgan fingerprint density at radius 3 is 2.63 bits per heavy atom. The van der Waals surface area contributed by atoms with Crippen molar-refractivity contribution in [3.63, 3.8) is 0 Å². The maximum absolute atomic E-state index is 11.6. The number of anilines is 3. The van der Waals surface area contributed by atoms with Crippen LogP contribution in [0.4, 0.5) is 17.1 Å².